The first-order valence-electron chi connectivity index (χ1n) is 6.99. The number of fused-ring (bicyclic) bond motifs is 1. The Balaban J connectivity index is 2.08. The normalized spacial score (nSPS) is 11.4. The van der Waals surface area contributed by atoms with Crippen molar-refractivity contribution >= 4 is 22.6 Å². The van der Waals surface area contributed by atoms with Crippen molar-refractivity contribution in [3.05, 3.63) is 58.9 Å². The van der Waals surface area contributed by atoms with Gasteiger partial charge in [0.2, 0.25) is 0 Å². The molecule has 4 heteroatoms. The van der Waals surface area contributed by atoms with Crippen molar-refractivity contribution in [3.63, 3.8) is 0 Å². The molecule has 1 aromatic heterocycles. The maximum Gasteiger partial charge on any atom is 0.115 e. The smallest absolute Gasteiger partial charge is 0.115 e. The van der Waals surface area contributed by atoms with Crippen LogP contribution in [-0.2, 0) is 6.42 Å². The minimum atomic E-state index is 0.280. The molecule has 0 unspecified atom stereocenters. The van der Waals surface area contributed by atoms with Gasteiger partial charge in [-0.2, -0.15) is 0 Å². The number of nitrogens with zero attached hydrogens (tertiary/aromatic N) is 2. The van der Waals surface area contributed by atoms with E-state index in [0.717, 1.165) is 33.9 Å². The summed E-state index contributed by atoms with van der Waals surface area (Å²) >= 11 is 6.11. The summed E-state index contributed by atoms with van der Waals surface area (Å²) in [5.74, 6) is 1.29. The maximum atomic E-state index is 9.37. The van der Waals surface area contributed by atoms with Gasteiger partial charge in [-0.25, -0.2) is 4.98 Å². The molecule has 0 saturated heterocycles. The monoisotopic (exact) mass is 300 g/mol. The van der Waals surface area contributed by atoms with Gasteiger partial charge in [-0.3, -0.25) is 0 Å². The molecule has 3 aromatic rings. The van der Waals surface area contributed by atoms with Crippen LogP contribution in [0.15, 0.2) is 42.5 Å². The lowest BCUT2D eigenvalue weighted by Gasteiger charge is -2.13. The molecule has 0 amide bonds. The lowest BCUT2D eigenvalue weighted by atomic mass is 10.1. The number of imidazole rings is 1. The number of hydrogen-bond donors (Lipinski definition) is 1. The first-order valence-corrected chi connectivity index (χ1v) is 7.36. The number of aromatic nitrogens is 2. The molecule has 0 radical (unpaired) electrons. The minimum Gasteiger partial charge on any atom is -0.508 e. The van der Waals surface area contributed by atoms with Crippen LogP contribution in [0.5, 0.6) is 5.75 Å². The third kappa shape index (κ3) is 2.74. The van der Waals surface area contributed by atoms with Crippen LogP contribution in [0.1, 0.15) is 31.3 Å². The van der Waals surface area contributed by atoms with Crippen LogP contribution in [0.4, 0.5) is 0 Å². The van der Waals surface area contributed by atoms with E-state index in [0.29, 0.717) is 6.04 Å². The number of hydrogen-bond acceptors (Lipinski definition) is 2. The van der Waals surface area contributed by atoms with Gasteiger partial charge >= 0.3 is 0 Å². The van der Waals surface area contributed by atoms with Crippen molar-refractivity contribution in [2.24, 2.45) is 0 Å². The number of aromatic hydroxyl groups is 1. The second-order valence-electron chi connectivity index (χ2n) is 5.47. The van der Waals surface area contributed by atoms with E-state index in [-0.39, 0.29) is 5.75 Å². The van der Waals surface area contributed by atoms with Crippen molar-refractivity contribution in [3.8, 4) is 5.75 Å². The van der Waals surface area contributed by atoms with Gasteiger partial charge in [-0.05, 0) is 49.7 Å². The van der Waals surface area contributed by atoms with Crippen LogP contribution >= 0.6 is 11.6 Å². The first-order chi connectivity index (χ1) is 10.0. The van der Waals surface area contributed by atoms with Crippen molar-refractivity contribution in [2.75, 3.05) is 0 Å². The molecule has 21 heavy (non-hydrogen) atoms. The first kappa shape index (κ1) is 14.0. The predicted molar refractivity (Wildman–Crippen MR) is 86.0 cm³/mol. The highest BCUT2D eigenvalue weighted by Crippen LogP contribution is 2.25. The van der Waals surface area contributed by atoms with Gasteiger partial charge in [0.1, 0.15) is 11.6 Å². The molecule has 0 saturated carbocycles. The molecule has 0 bridgehead atoms. The summed E-state index contributed by atoms with van der Waals surface area (Å²) in [6, 6.07) is 13.3. The van der Waals surface area contributed by atoms with E-state index in [1.165, 1.54) is 0 Å². The number of benzene rings is 2. The molecule has 108 valence electrons. The summed E-state index contributed by atoms with van der Waals surface area (Å²) in [6.45, 7) is 4.28. The van der Waals surface area contributed by atoms with Gasteiger partial charge in [-0.15, -0.1) is 0 Å². The van der Waals surface area contributed by atoms with E-state index in [1.54, 1.807) is 12.1 Å². The number of rotatable bonds is 3. The molecule has 1 N–H and O–H groups in total. The summed E-state index contributed by atoms with van der Waals surface area (Å²) in [5, 5.41) is 10.1. The topological polar surface area (TPSA) is 38.0 Å². The van der Waals surface area contributed by atoms with Crippen LogP contribution in [0, 0.1) is 0 Å². The lowest BCUT2D eigenvalue weighted by molar-refractivity contribution is 0.475. The summed E-state index contributed by atoms with van der Waals surface area (Å²) in [4.78, 5) is 4.73. The van der Waals surface area contributed by atoms with Crippen LogP contribution in [0.2, 0.25) is 5.02 Å². The van der Waals surface area contributed by atoms with Crippen LogP contribution in [0.3, 0.4) is 0 Å². The van der Waals surface area contributed by atoms with Crippen LogP contribution in [-0.4, -0.2) is 14.7 Å². The lowest BCUT2D eigenvalue weighted by Crippen LogP contribution is -2.06. The van der Waals surface area contributed by atoms with Gasteiger partial charge in [-0.1, -0.05) is 23.7 Å². The summed E-state index contributed by atoms with van der Waals surface area (Å²) in [6.07, 6.45) is 0.727. The Morgan fingerprint density at radius 3 is 2.52 bits per heavy atom. The molecule has 0 aliphatic heterocycles. The van der Waals surface area contributed by atoms with Crippen LogP contribution < -0.4 is 0 Å². The SMILES string of the molecule is CC(C)n1c(Cc2ccc(O)cc2)nc2ccc(Cl)cc21. The zero-order valence-corrected chi connectivity index (χ0v) is 12.8. The Morgan fingerprint density at radius 2 is 1.86 bits per heavy atom. The van der Waals surface area contributed by atoms with E-state index in [4.69, 9.17) is 16.6 Å². The van der Waals surface area contributed by atoms with Gasteiger partial charge in [0.15, 0.2) is 0 Å². The van der Waals surface area contributed by atoms with E-state index in [9.17, 15) is 5.11 Å². The molecular weight excluding hydrogens is 284 g/mol. The third-order valence-electron chi connectivity index (χ3n) is 3.54. The molecule has 0 fully saturated rings. The maximum absolute atomic E-state index is 9.37. The fourth-order valence-corrected chi connectivity index (χ4v) is 2.78. The Morgan fingerprint density at radius 1 is 1.14 bits per heavy atom. The van der Waals surface area contributed by atoms with E-state index in [2.05, 4.69) is 18.4 Å². The van der Waals surface area contributed by atoms with E-state index in [1.807, 2.05) is 30.3 Å². The molecule has 2 aromatic carbocycles. The van der Waals surface area contributed by atoms with Gasteiger partial charge in [0.05, 0.1) is 11.0 Å². The zero-order valence-electron chi connectivity index (χ0n) is 12.0. The standard InChI is InChI=1S/C17H17ClN2O/c1-11(2)20-16-10-13(18)5-8-15(16)19-17(20)9-12-3-6-14(21)7-4-12/h3-8,10-11,21H,9H2,1-2H3. The Bertz CT molecular complexity index is 775. The van der Waals surface area contributed by atoms with Gasteiger partial charge in [0, 0.05) is 17.5 Å². The van der Waals surface area contributed by atoms with Crippen molar-refractivity contribution in [1.82, 2.24) is 9.55 Å². The highest BCUT2D eigenvalue weighted by atomic mass is 35.5. The Kier molecular flexibility index (Phi) is 3.60. The molecule has 1 heterocycles. The fraction of sp³-hybridized carbons (Fsp3) is 0.235. The minimum absolute atomic E-state index is 0.280. The summed E-state index contributed by atoms with van der Waals surface area (Å²) in [5.41, 5.74) is 3.14. The van der Waals surface area contributed by atoms with Crippen molar-refractivity contribution < 1.29 is 5.11 Å². The van der Waals surface area contributed by atoms with Crippen molar-refractivity contribution in [2.45, 2.75) is 26.3 Å². The van der Waals surface area contributed by atoms with Crippen molar-refractivity contribution in [1.29, 1.82) is 0 Å². The van der Waals surface area contributed by atoms with Gasteiger partial charge in [0.25, 0.3) is 0 Å². The Hall–Kier alpha value is -2.00. The summed E-state index contributed by atoms with van der Waals surface area (Å²) < 4.78 is 2.22. The highest BCUT2D eigenvalue weighted by Gasteiger charge is 2.14. The number of halogens is 1. The molecule has 0 aliphatic rings. The number of phenols is 1. The molecule has 0 atom stereocenters. The fourth-order valence-electron chi connectivity index (χ4n) is 2.61. The average Bonchev–Trinajstić information content (AvgIpc) is 2.78. The molecular formula is C17H17ClN2O. The molecule has 3 nitrogen and oxygen atoms in total. The predicted octanol–water partition coefficient (Wildman–Crippen LogP) is 4.57. The van der Waals surface area contributed by atoms with Crippen LogP contribution in [0.25, 0.3) is 11.0 Å². The summed E-state index contributed by atoms with van der Waals surface area (Å²) in [7, 11) is 0. The molecule has 0 aliphatic carbocycles. The van der Waals surface area contributed by atoms with E-state index >= 15 is 0 Å². The zero-order chi connectivity index (χ0) is 15.0. The van der Waals surface area contributed by atoms with Gasteiger partial charge < -0.3 is 9.67 Å². The third-order valence-corrected chi connectivity index (χ3v) is 3.77. The average molecular weight is 301 g/mol. The largest absolute Gasteiger partial charge is 0.508 e. The Labute approximate surface area is 128 Å². The second kappa shape index (κ2) is 5.41. The molecule has 3 rings (SSSR count). The number of phenolic OH excluding ortho intramolecular Hbond substituents is 1. The molecule has 0 spiro atoms. The highest BCUT2D eigenvalue weighted by molar-refractivity contribution is 6.31. The quantitative estimate of drug-likeness (QED) is 0.769. The second-order valence-corrected chi connectivity index (χ2v) is 5.90. The van der Waals surface area contributed by atoms with E-state index < -0.39 is 0 Å².